The molecule has 35 heavy (non-hydrogen) atoms. The first kappa shape index (κ1) is 23.5. The van der Waals surface area contributed by atoms with Gasteiger partial charge < -0.3 is 4.74 Å². The molecule has 0 bridgehead atoms. The standard InChI is InChI=1S/C26H21N5O3S/c27-15-19-8-11-22(12-9-19)34-18-25(33)29-28-24(32)13-10-21-17-31(16-20-5-2-1-3-6-20)30-26(21)23-7-4-14-35-23/h1-14,17H,16,18H2,(H,28,32)(H,29,33). The molecule has 0 aliphatic heterocycles. The maximum absolute atomic E-state index is 12.3. The lowest BCUT2D eigenvalue weighted by Gasteiger charge is -2.07. The summed E-state index contributed by atoms with van der Waals surface area (Å²) in [6.45, 7) is 0.319. The van der Waals surface area contributed by atoms with Gasteiger partial charge in [0.05, 0.1) is 23.1 Å². The summed E-state index contributed by atoms with van der Waals surface area (Å²) in [4.78, 5) is 25.2. The SMILES string of the molecule is N#Cc1ccc(OCC(=O)NNC(=O)C=Cc2cn(Cc3ccccc3)nc2-c2cccs2)cc1. The van der Waals surface area contributed by atoms with E-state index < -0.39 is 11.8 Å². The van der Waals surface area contributed by atoms with Gasteiger partial charge in [0, 0.05) is 17.8 Å². The van der Waals surface area contributed by atoms with Crippen LogP contribution in [0.1, 0.15) is 16.7 Å². The third kappa shape index (κ3) is 6.66. The van der Waals surface area contributed by atoms with Crippen LogP contribution in [0.15, 0.2) is 84.4 Å². The van der Waals surface area contributed by atoms with Gasteiger partial charge in [0.1, 0.15) is 11.4 Å². The van der Waals surface area contributed by atoms with Gasteiger partial charge in [0.25, 0.3) is 11.8 Å². The normalized spacial score (nSPS) is 10.6. The van der Waals surface area contributed by atoms with Gasteiger partial charge in [-0.2, -0.15) is 10.4 Å². The number of ether oxygens (including phenoxy) is 1. The molecule has 9 heteroatoms. The number of rotatable bonds is 8. The van der Waals surface area contributed by atoms with Crippen molar-refractivity contribution in [2.45, 2.75) is 6.54 Å². The molecule has 8 nitrogen and oxygen atoms in total. The van der Waals surface area contributed by atoms with Crippen LogP contribution in [0.25, 0.3) is 16.6 Å². The molecule has 2 heterocycles. The van der Waals surface area contributed by atoms with Crippen molar-refractivity contribution in [3.8, 4) is 22.4 Å². The van der Waals surface area contributed by atoms with Gasteiger partial charge in [-0.3, -0.25) is 25.1 Å². The number of hydrogen-bond donors (Lipinski definition) is 2. The summed E-state index contributed by atoms with van der Waals surface area (Å²) in [6, 6.07) is 22.3. The van der Waals surface area contributed by atoms with Crippen molar-refractivity contribution < 1.29 is 14.3 Å². The number of nitrogens with zero attached hydrogens (tertiary/aromatic N) is 3. The third-order valence-electron chi connectivity index (χ3n) is 4.82. The van der Waals surface area contributed by atoms with Crippen molar-refractivity contribution in [1.82, 2.24) is 20.6 Å². The highest BCUT2D eigenvalue weighted by Gasteiger charge is 2.11. The van der Waals surface area contributed by atoms with E-state index in [9.17, 15) is 9.59 Å². The number of nitriles is 1. The van der Waals surface area contributed by atoms with E-state index in [-0.39, 0.29) is 6.61 Å². The Balaban J connectivity index is 1.34. The molecule has 0 aliphatic rings. The van der Waals surface area contributed by atoms with Crippen LogP contribution in [0, 0.1) is 11.3 Å². The Labute approximate surface area is 206 Å². The van der Waals surface area contributed by atoms with Crippen LogP contribution in [0.5, 0.6) is 5.75 Å². The Morgan fingerprint density at radius 1 is 1.06 bits per heavy atom. The van der Waals surface area contributed by atoms with Crippen molar-refractivity contribution in [1.29, 1.82) is 5.26 Å². The maximum Gasteiger partial charge on any atom is 0.276 e. The third-order valence-corrected chi connectivity index (χ3v) is 5.70. The van der Waals surface area contributed by atoms with Gasteiger partial charge >= 0.3 is 0 Å². The highest BCUT2D eigenvalue weighted by atomic mass is 32.1. The van der Waals surface area contributed by atoms with Crippen LogP contribution < -0.4 is 15.6 Å². The van der Waals surface area contributed by atoms with Crippen LogP contribution >= 0.6 is 11.3 Å². The molecule has 174 valence electrons. The molecule has 4 aromatic rings. The number of carbonyl (C=O) groups is 2. The van der Waals surface area contributed by atoms with Crippen molar-refractivity contribution >= 4 is 29.2 Å². The molecular formula is C26H21N5O3S. The van der Waals surface area contributed by atoms with Crippen LogP contribution in [-0.2, 0) is 16.1 Å². The minimum Gasteiger partial charge on any atom is -0.484 e. The zero-order valence-electron chi connectivity index (χ0n) is 18.5. The smallest absolute Gasteiger partial charge is 0.276 e. The lowest BCUT2D eigenvalue weighted by Crippen LogP contribution is -2.43. The molecule has 4 rings (SSSR count). The fraction of sp³-hybridized carbons (Fsp3) is 0.0769. The summed E-state index contributed by atoms with van der Waals surface area (Å²) in [5.41, 5.74) is 7.82. The Bertz CT molecular complexity index is 1350. The molecule has 2 aromatic carbocycles. The highest BCUT2D eigenvalue weighted by Crippen LogP contribution is 2.27. The summed E-state index contributed by atoms with van der Waals surface area (Å²) in [7, 11) is 0. The first-order valence-electron chi connectivity index (χ1n) is 10.7. The molecule has 2 N–H and O–H groups in total. The van der Waals surface area contributed by atoms with E-state index in [2.05, 4.69) is 10.9 Å². The molecule has 2 aromatic heterocycles. The second kappa shape index (κ2) is 11.4. The number of nitrogens with one attached hydrogen (secondary N) is 2. The zero-order valence-corrected chi connectivity index (χ0v) is 19.4. The first-order valence-corrected chi connectivity index (χ1v) is 11.5. The van der Waals surface area contributed by atoms with E-state index in [0.717, 1.165) is 21.7 Å². The highest BCUT2D eigenvalue weighted by molar-refractivity contribution is 7.13. The second-order valence-electron chi connectivity index (χ2n) is 7.39. The van der Waals surface area contributed by atoms with E-state index >= 15 is 0 Å². The molecule has 0 radical (unpaired) electrons. The average molecular weight is 484 g/mol. The first-order chi connectivity index (χ1) is 17.1. The van der Waals surface area contributed by atoms with Crippen LogP contribution in [0.4, 0.5) is 0 Å². The number of aromatic nitrogens is 2. The summed E-state index contributed by atoms with van der Waals surface area (Å²) < 4.78 is 7.17. The number of amides is 2. The topological polar surface area (TPSA) is 109 Å². The number of carbonyl (C=O) groups excluding carboxylic acids is 2. The largest absolute Gasteiger partial charge is 0.484 e. The number of thiophene rings is 1. The minimum atomic E-state index is -0.522. The molecule has 0 spiro atoms. The monoisotopic (exact) mass is 483 g/mol. The van der Waals surface area contributed by atoms with Gasteiger partial charge in [-0.15, -0.1) is 11.3 Å². The fourth-order valence-electron chi connectivity index (χ4n) is 3.16. The van der Waals surface area contributed by atoms with Crippen LogP contribution in [0.3, 0.4) is 0 Å². The summed E-state index contributed by atoms with van der Waals surface area (Å²) >= 11 is 1.57. The molecule has 0 saturated carbocycles. The predicted octanol–water partition coefficient (Wildman–Crippen LogP) is 3.77. The number of hydrazine groups is 1. The van der Waals surface area contributed by atoms with Gasteiger partial charge in [-0.1, -0.05) is 36.4 Å². The van der Waals surface area contributed by atoms with E-state index in [1.54, 1.807) is 41.7 Å². The van der Waals surface area contributed by atoms with Crippen molar-refractivity contribution in [2.24, 2.45) is 0 Å². The Kier molecular flexibility index (Phi) is 7.68. The van der Waals surface area contributed by atoms with Crippen molar-refractivity contribution in [2.75, 3.05) is 6.61 Å². The van der Waals surface area contributed by atoms with E-state index in [4.69, 9.17) is 15.1 Å². The number of hydrogen-bond acceptors (Lipinski definition) is 6. The molecule has 0 aliphatic carbocycles. The number of benzene rings is 2. The fourth-order valence-corrected chi connectivity index (χ4v) is 3.90. The van der Waals surface area contributed by atoms with Crippen LogP contribution in [0.2, 0.25) is 0 Å². The Morgan fingerprint density at radius 3 is 2.57 bits per heavy atom. The summed E-state index contributed by atoms with van der Waals surface area (Å²) in [6.07, 6.45) is 4.89. The van der Waals surface area contributed by atoms with Gasteiger partial charge in [-0.25, -0.2) is 0 Å². The molecular weight excluding hydrogens is 462 g/mol. The van der Waals surface area contributed by atoms with Crippen molar-refractivity contribution in [3.63, 3.8) is 0 Å². The summed E-state index contributed by atoms with van der Waals surface area (Å²) in [5.74, 6) is -0.574. The van der Waals surface area contributed by atoms with Gasteiger partial charge in [-0.05, 0) is 47.4 Å². The average Bonchev–Trinajstić information content (AvgIpc) is 3.56. The zero-order chi connectivity index (χ0) is 24.5. The van der Waals surface area contributed by atoms with Gasteiger partial charge in [0.2, 0.25) is 0 Å². The molecule has 0 unspecified atom stereocenters. The quantitative estimate of drug-likeness (QED) is 0.293. The predicted molar refractivity (Wildman–Crippen MR) is 133 cm³/mol. The Morgan fingerprint density at radius 2 is 1.86 bits per heavy atom. The van der Waals surface area contributed by atoms with E-state index in [0.29, 0.717) is 17.9 Å². The Hall–Kier alpha value is -4.68. The second-order valence-corrected chi connectivity index (χ2v) is 8.34. The summed E-state index contributed by atoms with van der Waals surface area (Å²) in [5, 5.41) is 15.5. The minimum absolute atomic E-state index is 0.287. The lowest BCUT2D eigenvalue weighted by atomic mass is 10.2. The molecule has 2 amide bonds. The van der Waals surface area contributed by atoms with E-state index in [1.807, 2.05) is 64.8 Å². The lowest BCUT2D eigenvalue weighted by molar-refractivity contribution is -0.128. The van der Waals surface area contributed by atoms with Crippen LogP contribution in [-0.4, -0.2) is 28.2 Å². The maximum atomic E-state index is 12.3. The molecule has 0 saturated heterocycles. The molecule has 0 atom stereocenters. The molecule has 0 fully saturated rings. The van der Waals surface area contributed by atoms with Gasteiger partial charge in [0.15, 0.2) is 6.61 Å². The van der Waals surface area contributed by atoms with Crippen molar-refractivity contribution in [3.05, 3.63) is 101 Å². The van der Waals surface area contributed by atoms with E-state index in [1.165, 1.54) is 6.08 Å².